The zero-order valence-corrected chi connectivity index (χ0v) is 9.38. The molecule has 0 aliphatic carbocycles. The van der Waals surface area contributed by atoms with Crippen molar-refractivity contribution in [2.24, 2.45) is 4.99 Å². The number of hydrogen-bond donors (Lipinski definition) is 0. The molecule has 14 heavy (non-hydrogen) atoms. The Morgan fingerprint density at radius 3 is 2.86 bits per heavy atom. The number of aliphatic imine (C=N–C) groups is 1. The van der Waals surface area contributed by atoms with Crippen LogP contribution in [-0.2, 0) is 0 Å². The molecule has 0 bridgehead atoms. The van der Waals surface area contributed by atoms with Crippen LogP contribution >= 0.6 is 15.9 Å². The minimum Gasteiger partial charge on any atom is -0.326 e. The lowest BCUT2D eigenvalue weighted by atomic mass is 10.2. The average molecular weight is 257 g/mol. The molecule has 1 aromatic carbocycles. The third-order valence-corrected chi connectivity index (χ3v) is 2.75. The van der Waals surface area contributed by atoms with Crippen molar-refractivity contribution in [3.63, 3.8) is 0 Å². The monoisotopic (exact) mass is 256 g/mol. The van der Waals surface area contributed by atoms with Gasteiger partial charge in [0.2, 0.25) is 0 Å². The number of amidine groups is 1. The molecule has 0 atom stereocenters. The third kappa shape index (κ3) is 1.66. The molecular formula is C10H10BrFN2. The summed E-state index contributed by atoms with van der Waals surface area (Å²) >= 11 is 3.23. The van der Waals surface area contributed by atoms with Gasteiger partial charge >= 0.3 is 0 Å². The number of hydrogen-bond acceptors (Lipinski definition) is 2. The van der Waals surface area contributed by atoms with E-state index < -0.39 is 0 Å². The first-order valence-corrected chi connectivity index (χ1v) is 5.21. The standard InChI is InChI=1S/C10H10BrFN2/c1-7-13-4-5-14(7)10-3-2-8(11)6-9(10)12/h2-3,6H,4-5H2,1H3. The van der Waals surface area contributed by atoms with Crippen LogP contribution in [0.1, 0.15) is 6.92 Å². The lowest BCUT2D eigenvalue weighted by molar-refractivity contribution is 0.626. The fourth-order valence-electron chi connectivity index (χ4n) is 1.55. The van der Waals surface area contributed by atoms with E-state index >= 15 is 0 Å². The molecule has 0 saturated carbocycles. The summed E-state index contributed by atoms with van der Waals surface area (Å²) in [6.45, 7) is 3.42. The molecule has 2 nitrogen and oxygen atoms in total. The van der Waals surface area contributed by atoms with Crippen molar-refractivity contribution in [3.05, 3.63) is 28.5 Å². The second-order valence-corrected chi connectivity index (χ2v) is 4.09. The number of halogens is 2. The summed E-state index contributed by atoms with van der Waals surface area (Å²) in [4.78, 5) is 6.11. The lowest BCUT2D eigenvalue weighted by Gasteiger charge is -2.18. The number of rotatable bonds is 1. The first kappa shape index (κ1) is 9.65. The van der Waals surface area contributed by atoms with E-state index in [0.717, 1.165) is 23.4 Å². The van der Waals surface area contributed by atoms with Crippen LogP contribution in [0, 0.1) is 5.82 Å². The Balaban J connectivity index is 2.37. The van der Waals surface area contributed by atoms with Crippen molar-refractivity contribution in [2.45, 2.75) is 6.92 Å². The highest BCUT2D eigenvalue weighted by atomic mass is 79.9. The molecule has 1 heterocycles. The van der Waals surface area contributed by atoms with E-state index in [-0.39, 0.29) is 5.82 Å². The van der Waals surface area contributed by atoms with E-state index in [1.807, 2.05) is 17.9 Å². The quantitative estimate of drug-likeness (QED) is 0.755. The Hall–Kier alpha value is -0.900. The Bertz CT molecular complexity index is 390. The van der Waals surface area contributed by atoms with Crippen LogP contribution in [0.3, 0.4) is 0 Å². The Kier molecular flexibility index (Phi) is 2.54. The summed E-state index contributed by atoms with van der Waals surface area (Å²) in [5.74, 6) is 0.669. The first-order valence-electron chi connectivity index (χ1n) is 4.42. The fraction of sp³-hybridized carbons (Fsp3) is 0.300. The minimum atomic E-state index is -0.212. The first-order chi connectivity index (χ1) is 6.68. The molecule has 2 rings (SSSR count). The summed E-state index contributed by atoms with van der Waals surface area (Å²) in [5, 5.41) is 0. The second-order valence-electron chi connectivity index (χ2n) is 3.18. The van der Waals surface area contributed by atoms with E-state index in [1.54, 1.807) is 6.07 Å². The summed E-state index contributed by atoms with van der Waals surface area (Å²) in [5.41, 5.74) is 0.604. The predicted molar refractivity (Wildman–Crippen MR) is 59.4 cm³/mol. The molecule has 1 aliphatic rings. The van der Waals surface area contributed by atoms with Gasteiger partial charge in [0, 0.05) is 11.0 Å². The topological polar surface area (TPSA) is 15.6 Å². The highest BCUT2D eigenvalue weighted by Crippen LogP contribution is 2.24. The van der Waals surface area contributed by atoms with Gasteiger partial charge in [-0.3, -0.25) is 4.99 Å². The zero-order valence-electron chi connectivity index (χ0n) is 7.80. The maximum Gasteiger partial charge on any atom is 0.147 e. The molecular weight excluding hydrogens is 247 g/mol. The Morgan fingerprint density at radius 1 is 1.50 bits per heavy atom. The summed E-state index contributed by atoms with van der Waals surface area (Å²) in [6, 6.07) is 5.08. The van der Waals surface area contributed by atoms with Crippen LogP contribution in [0.25, 0.3) is 0 Å². The van der Waals surface area contributed by atoms with Gasteiger partial charge in [0.25, 0.3) is 0 Å². The van der Waals surface area contributed by atoms with Gasteiger partial charge in [-0.2, -0.15) is 0 Å². The van der Waals surface area contributed by atoms with E-state index in [1.165, 1.54) is 6.07 Å². The van der Waals surface area contributed by atoms with Gasteiger partial charge in [-0.1, -0.05) is 15.9 Å². The second kappa shape index (κ2) is 3.69. The summed E-state index contributed by atoms with van der Waals surface area (Å²) in [7, 11) is 0. The smallest absolute Gasteiger partial charge is 0.147 e. The number of nitrogens with zero attached hydrogens (tertiary/aromatic N) is 2. The molecule has 74 valence electrons. The van der Waals surface area contributed by atoms with Gasteiger partial charge < -0.3 is 4.90 Å². The minimum absolute atomic E-state index is 0.212. The molecule has 0 amide bonds. The van der Waals surface area contributed by atoms with Crippen molar-refractivity contribution >= 4 is 27.5 Å². The van der Waals surface area contributed by atoms with Crippen LogP contribution in [0.15, 0.2) is 27.7 Å². The van der Waals surface area contributed by atoms with Gasteiger partial charge in [0.1, 0.15) is 11.7 Å². The van der Waals surface area contributed by atoms with E-state index in [0.29, 0.717) is 5.69 Å². The van der Waals surface area contributed by atoms with Gasteiger partial charge in [-0.15, -0.1) is 0 Å². The maximum absolute atomic E-state index is 13.5. The van der Waals surface area contributed by atoms with E-state index in [9.17, 15) is 4.39 Å². The van der Waals surface area contributed by atoms with Crippen LogP contribution < -0.4 is 4.90 Å². The fourth-order valence-corrected chi connectivity index (χ4v) is 1.89. The van der Waals surface area contributed by atoms with Crippen LogP contribution in [0.4, 0.5) is 10.1 Å². The zero-order chi connectivity index (χ0) is 10.1. The van der Waals surface area contributed by atoms with Crippen molar-refractivity contribution in [1.82, 2.24) is 0 Å². The SMILES string of the molecule is CC1=NCCN1c1ccc(Br)cc1F. The van der Waals surface area contributed by atoms with E-state index in [4.69, 9.17) is 0 Å². The van der Waals surface area contributed by atoms with Crippen LogP contribution in [0.2, 0.25) is 0 Å². The highest BCUT2D eigenvalue weighted by Gasteiger charge is 2.17. The molecule has 0 spiro atoms. The largest absolute Gasteiger partial charge is 0.326 e. The van der Waals surface area contributed by atoms with Crippen LogP contribution in [0.5, 0.6) is 0 Å². The molecule has 0 unspecified atom stereocenters. The molecule has 1 aliphatic heterocycles. The average Bonchev–Trinajstić information content (AvgIpc) is 2.52. The maximum atomic E-state index is 13.5. The Labute approximate surface area is 90.6 Å². The molecule has 0 fully saturated rings. The van der Waals surface area contributed by atoms with Gasteiger partial charge in [0.15, 0.2) is 0 Å². The van der Waals surface area contributed by atoms with Gasteiger partial charge in [-0.05, 0) is 25.1 Å². The predicted octanol–water partition coefficient (Wildman–Crippen LogP) is 2.83. The van der Waals surface area contributed by atoms with E-state index in [2.05, 4.69) is 20.9 Å². The summed E-state index contributed by atoms with van der Waals surface area (Å²) < 4.78 is 14.3. The molecule has 0 N–H and O–H groups in total. The van der Waals surface area contributed by atoms with Crippen molar-refractivity contribution in [3.8, 4) is 0 Å². The molecule has 1 aromatic rings. The molecule has 4 heteroatoms. The third-order valence-electron chi connectivity index (χ3n) is 2.26. The highest BCUT2D eigenvalue weighted by molar-refractivity contribution is 9.10. The molecule has 0 saturated heterocycles. The molecule has 0 radical (unpaired) electrons. The molecule has 0 aromatic heterocycles. The Morgan fingerprint density at radius 2 is 2.29 bits per heavy atom. The van der Waals surface area contributed by atoms with Crippen molar-refractivity contribution in [1.29, 1.82) is 0 Å². The number of anilines is 1. The van der Waals surface area contributed by atoms with Gasteiger partial charge in [-0.25, -0.2) is 4.39 Å². The van der Waals surface area contributed by atoms with Crippen molar-refractivity contribution in [2.75, 3.05) is 18.0 Å². The van der Waals surface area contributed by atoms with Gasteiger partial charge in [0.05, 0.1) is 12.2 Å². The number of benzene rings is 1. The lowest BCUT2D eigenvalue weighted by Crippen LogP contribution is -2.25. The normalized spacial score (nSPS) is 15.9. The van der Waals surface area contributed by atoms with Crippen molar-refractivity contribution < 1.29 is 4.39 Å². The summed E-state index contributed by atoms with van der Waals surface area (Å²) in [6.07, 6.45) is 0. The van der Waals surface area contributed by atoms with Crippen LogP contribution in [-0.4, -0.2) is 18.9 Å².